The van der Waals surface area contributed by atoms with E-state index in [4.69, 9.17) is 4.52 Å². The largest absolute Gasteiger partial charge is 0.343 e. The van der Waals surface area contributed by atoms with Gasteiger partial charge in [-0.15, -0.1) is 0 Å². The molecule has 2 amide bonds. The zero-order chi connectivity index (χ0) is 20.2. The zero-order valence-electron chi connectivity index (χ0n) is 16.3. The number of carbonyl (C=O) groups excluding carboxylic acids is 2. The number of nitrogens with zero attached hydrogens (tertiary/aromatic N) is 4. The van der Waals surface area contributed by atoms with E-state index in [1.54, 1.807) is 19.2 Å². The number of rotatable bonds is 6. The van der Waals surface area contributed by atoms with Crippen molar-refractivity contribution < 1.29 is 14.1 Å². The highest BCUT2D eigenvalue weighted by atomic mass is 16.5. The van der Waals surface area contributed by atoms with Gasteiger partial charge in [-0.1, -0.05) is 23.4 Å². The number of fused-ring (bicyclic) bond motifs is 1. The van der Waals surface area contributed by atoms with Gasteiger partial charge in [-0.05, 0) is 31.4 Å². The van der Waals surface area contributed by atoms with Crippen LogP contribution in [0.5, 0.6) is 0 Å². The number of para-hydroxylation sites is 1. The molecule has 0 aliphatic carbocycles. The van der Waals surface area contributed by atoms with Gasteiger partial charge in [-0.25, -0.2) is 0 Å². The fraction of sp³-hybridized carbons (Fsp3) is 0.381. The molecule has 4 rings (SSSR count). The van der Waals surface area contributed by atoms with Gasteiger partial charge < -0.3 is 14.7 Å². The topological polar surface area (TPSA) is 101 Å². The maximum Gasteiger partial charge on any atom is 0.252 e. The number of aromatic nitrogens is 3. The first-order valence-corrected chi connectivity index (χ1v) is 9.82. The van der Waals surface area contributed by atoms with Gasteiger partial charge in [-0.2, -0.15) is 4.98 Å². The number of nitrogens with one attached hydrogen (secondary N) is 1. The summed E-state index contributed by atoms with van der Waals surface area (Å²) in [4.78, 5) is 35.7. The molecule has 8 heteroatoms. The molecule has 1 saturated heterocycles. The summed E-state index contributed by atoms with van der Waals surface area (Å²) in [5, 5.41) is 7.45. The summed E-state index contributed by atoms with van der Waals surface area (Å²) in [5.74, 6) is 0.879. The smallest absolute Gasteiger partial charge is 0.252 e. The first-order valence-electron chi connectivity index (χ1n) is 9.82. The predicted molar refractivity (Wildman–Crippen MR) is 106 cm³/mol. The van der Waals surface area contributed by atoms with Crippen LogP contribution in [0.3, 0.4) is 0 Å². The van der Waals surface area contributed by atoms with Crippen molar-refractivity contribution in [1.82, 2.24) is 25.3 Å². The van der Waals surface area contributed by atoms with Crippen LogP contribution < -0.4 is 5.32 Å². The highest BCUT2D eigenvalue weighted by Crippen LogP contribution is 2.21. The van der Waals surface area contributed by atoms with E-state index in [-0.39, 0.29) is 24.4 Å². The molecule has 1 aliphatic rings. The highest BCUT2D eigenvalue weighted by molar-refractivity contribution is 6.06. The third-order valence-electron chi connectivity index (χ3n) is 5.26. The van der Waals surface area contributed by atoms with Crippen LogP contribution in [0.1, 0.15) is 41.3 Å². The van der Waals surface area contributed by atoms with Gasteiger partial charge in [-0.3, -0.25) is 14.6 Å². The molecule has 0 radical (unpaired) electrons. The molecular formula is C21H23N5O3. The number of aryl methyl sites for hydroxylation is 2. The van der Waals surface area contributed by atoms with Crippen molar-refractivity contribution in [3.05, 3.63) is 53.8 Å². The van der Waals surface area contributed by atoms with Gasteiger partial charge in [0.25, 0.3) is 5.91 Å². The fourth-order valence-electron chi connectivity index (χ4n) is 3.85. The SMILES string of the molecule is Cc1nc(CC[C@@H]2CCCN2C(=O)CNC(=O)c2ccnc3ccccc23)no1. The molecule has 1 aliphatic heterocycles. The molecule has 1 aromatic carbocycles. The first kappa shape index (κ1) is 19.0. The van der Waals surface area contributed by atoms with E-state index in [0.29, 0.717) is 30.2 Å². The Morgan fingerprint density at radius 2 is 2.14 bits per heavy atom. The van der Waals surface area contributed by atoms with Gasteiger partial charge in [0.05, 0.1) is 17.6 Å². The average molecular weight is 393 g/mol. The summed E-state index contributed by atoms with van der Waals surface area (Å²) >= 11 is 0. The van der Waals surface area contributed by atoms with Crippen LogP contribution in [0.15, 0.2) is 41.1 Å². The minimum absolute atomic E-state index is 0.0205. The Labute approximate surface area is 168 Å². The Balaban J connectivity index is 1.35. The number of hydrogen-bond donors (Lipinski definition) is 1. The van der Waals surface area contributed by atoms with Crippen LogP contribution in [-0.4, -0.2) is 51.0 Å². The number of likely N-dealkylation sites (tertiary alicyclic amines) is 1. The maximum absolute atomic E-state index is 12.7. The van der Waals surface area contributed by atoms with E-state index in [2.05, 4.69) is 20.4 Å². The van der Waals surface area contributed by atoms with Crippen molar-refractivity contribution in [3.8, 4) is 0 Å². The Kier molecular flexibility index (Phi) is 5.50. The third kappa shape index (κ3) is 4.26. The van der Waals surface area contributed by atoms with Crippen LogP contribution in [0.4, 0.5) is 0 Å². The second-order valence-electron chi connectivity index (χ2n) is 7.21. The van der Waals surface area contributed by atoms with E-state index < -0.39 is 0 Å². The Morgan fingerprint density at radius 3 is 2.97 bits per heavy atom. The van der Waals surface area contributed by atoms with Crippen molar-refractivity contribution in [2.75, 3.05) is 13.1 Å². The van der Waals surface area contributed by atoms with E-state index in [9.17, 15) is 9.59 Å². The van der Waals surface area contributed by atoms with Crippen molar-refractivity contribution in [2.24, 2.45) is 0 Å². The Bertz CT molecular complexity index is 1030. The number of benzene rings is 1. The molecule has 0 bridgehead atoms. The standard InChI is InChI=1S/C21H23N5O3/c1-14-24-19(25-29-14)9-8-15-5-4-12-26(15)20(27)13-23-21(28)17-10-11-22-18-7-3-2-6-16(17)18/h2-3,6-7,10-11,15H,4-5,8-9,12-13H2,1H3,(H,23,28)/t15-/m0/s1. The lowest BCUT2D eigenvalue weighted by molar-refractivity contribution is -0.131. The molecule has 29 heavy (non-hydrogen) atoms. The highest BCUT2D eigenvalue weighted by Gasteiger charge is 2.29. The minimum atomic E-state index is -0.269. The fourth-order valence-corrected chi connectivity index (χ4v) is 3.85. The quantitative estimate of drug-likeness (QED) is 0.689. The Morgan fingerprint density at radius 1 is 1.28 bits per heavy atom. The van der Waals surface area contributed by atoms with Gasteiger partial charge >= 0.3 is 0 Å². The molecule has 2 aromatic heterocycles. The van der Waals surface area contributed by atoms with Gasteiger partial charge in [0, 0.05) is 37.5 Å². The predicted octanol–water partition coefficient (Wildman–Crippen LogP) is 2.28. The van der Waals surface area contributed by atoms with E-state index in [0.717, 1.165) is 30.2 Å². The molecule has 8 nitrogen and oxygen atoms in total. The van der Waals surface area contributed by atoms with Crippen LogP contribution in [0.25, 0.3) is 10.9 Å². The third-order valence-corrected chi connectivity index (χ3v) is 5.26. The molecule has 0 saturated carbocycles. The van der Waals surface area contributed by atoms with Crippen molar-refractivity contribution in [3.63, 3.8) is 0 Å². The summed E-state index contributed by atoms with van der Waals surface area (Å²) in [6.07, 6.45) is 4.97. The zero-order valence-corrected chi connectivity index (χ0v) is 16.3. The normalized spacial score (nSPS) is 16.3. The van der Waals surface area contributed by atoms with Crippen molar-refractivity contribution in [1.29, 1.82) is 0 Å². The van der Waals surface area contributed by atoms with Gasteiger partial charge in [0.15, 0.2) is 5.82 Å². The maximum atomic E-state index is 12.7. The van der Waals surface area contributed by atoms with Crippen molar-refractivity contribution in [2.45, 2.75) is 38.6 Å². The summed E-state index contributed by atoms with van der Waals surface area (Å²) < 4.78 is 5.00. The molecule has 3 aromatic rings. The lowest BCUT2D eigenvalue weighted by Crippen LogP contribution is -2.42. The minimum Gasteiger partial charge on any atom is -0.343 e. The van der Waals surface area contributed by atoms with Gasteiger partial charge in [0.2, 0.25) is 11.8 Å². The molecule has 0 unspecified atom stereocenters. The molecule has 1 N–H and O–H groups in total. The molecule has 1 atom stereocenters. The van der Waals surface area contributed by atoms with Crippen LogP contribution in [-0.2, 0) is 11.2 Å². The summed E-state index contributed by atoms with van der Waals surface area (Å²) in [6.45, 7) is 2.45. The van der Waals surface area contributed by atoms with E-state index >= 15 is 0 Å². The number of hydrogen-bond acceptors (Lipinski definition) is 6. The number of pyridine rings is 1. The molecular weight excluding hydrogens is 370 g/mol. The van der Waals surface area contributed by atoms with Crippen LogP contribution >= 0.6 is 0 Å². The monoisotopic (exact) mass is 393 g/mol. The molecule has 0 spiro atoms. The van der Waals surface area contributed by atoms with Crippen LogP contribution in [0.2, 0.25) is 0 Å². The van der Waals surface area contributed by atoms with E-state index in [1.165, 1.54) is 0 Å². The summed E-state index contributed by atoms with van der Waals surface area (Å²) in [6, 6.07) is 9.27. The second kappa shape index (κ2) is 8.38. The lowest BCUT2D eigenvalue weighted by atomic mass is 10.1. The van der Waals surface area contributed by atoms with Crippen molar-refractivity contribution >= 4 is 22.7 Å². The second-order valence-corrected chi connectivity index (χ2v) is 7.21. The van der Waals surface area contributed by atoms with Gasteiger partial charge in [0.1, 0.15) is 0 Å². The molecule has 3 heterocycles. The van der Waals surface area contributed by atoms with E-state index in [1.807, 2.05) is 29.2 Å². The lowest BCUT2D eigenvalue weighted by Gasteiger charge is -2.24. The Hall–Kier alpha value is -3.29. The first-order chi connectivity index (χ1) is 14.1. The molecule has 150 valence electrons. The molecule has 1 fully saturated rings. The number of carbonyl (C=O) groups is 2. The summed E-state index contributed by atoms with van der Waals surface area (Å²) in [7, 11) is 0. The number of amides is 2. The summed E-state index contributed by atoms with van der Waals surface area (Å²) in [5.41, 5.74) is 1.27. The average Bonchev–Trinajstić information content (AvgIpc) is 3.38. The van der Waals surface area contributed by atoms with Crippen LogP contribution in [0, 0.1) is 6.92 Å².